The first-order valence-corrected chi connectivity index (χ1v) is 6.39. The summed E-state index contributed by atoms with van der Waals surface area (Å²) in [5, 5.41) is 0. The average molecular weight is 267 g/mol. The van der Waals surface area contributed by atoms with Crippen LogP contribution in [0.15, 0.2) is 11.1 Å². The molecule has 2 aliphatic heterocycles. The number of H-pyrrole nitrogens is 1. The lowest BCUT2D eigenvalue weighted by atomic mass is 10.0. The third-order valence-corrected chi connectivity index (χ3v) is 3.63. The topological polar surface area (TPSA) is 76.7 Å². The molecule has 2 fully saturated rings. The maximum Gasteiger partial charge on any atom is 0.295 e. The maximum atomic E-state index is 11.7. The van der Waals surface area contributed by atoms with Gasteiger partial charge in [-0.1, -0.05) is 0 Å². The van der Waals surface area contributed by atoms with Crippen LogP contribution in [0.3, 0.4) is 0 Å². The van der Waals surface area contributed by atoms with Crippen molar-refractivity contribution in [2.45, 2.75) is 18.6 Å². The van der Waals surface area contributed by atoms with Gasteiger partial charge in [-0.05, 0) is 0 Å². The van der Waals surface area contributed by atoms with E-state index in [-0.39, 0.29) is 11.3 Å². The fourth-order valence-corrected chi connectivity index (χ4v) is 2.63. The van der Waals surface area contributed by atoms with Crippen LogP contribution in [0.4, 0.5) is 5.82 Å². The van der Waals surface area contributed by atoms with Gasteiger partial charge in [-0.3, -0.25) is 4.79 Å². The van der Waals surface area contributed by atoms with E-state index in [1.807, 2.05) is 4.90 Å². The number of anilines is 1. The van der Waals surface area contributed by atoms with Crippen LogP contribution in [0.2, 0.25) is 0 Å². The second kappa shape index (κ2) is 4.82. The van der Waals surface area contributed by atoms with Gasteiger partial charge in [0, 0.05) is 25.9 Å². The van der Waals surface area contributed by atoms with Gasteiger partial charge in [-0.25, -0.2) is 4.98 Å². The second-order valence-corrected chi connectivity index (χ2v) is 4.68. The minimum atomic E-state index is -0.426. The minimum absolute atomic E-state index is 0.256. The molecule has 0 unspecified atom stereocenters. The number of hydrogen-bond acceptors (Lipinski definition) is 6. The number of methoxy groups -OCH3 is 1. The summed E-state index contributed by atoms with van der Waals surface area (Å²) in [7, 11) is 1.48. The Morgan fingerprint density at radius 1 is 1.37 bits per heavy atom. The molecule has 0 radical (unpaired) electrons. The van der Waals surface area contributed by atoms with E-state index < -0.39 is 5.79 Å². The van der Waals surface area contributed by atoms with Crippen molar-refractivity contribution in [3.63, 3.8) is 0 Å². The van der Waals surface area contributed by atoms with E-state index in [0.717, 1.165) is 25.9 Å². The number of nitrogens with zero attached hydrogens (tertiary/aromatic N) is 2. The molecule has 104 valence electrons. The molecular formula is C12H17N3O4. The van der Waals surface area contributed by atoms with Crippen molar-refractivity contribution >= 4 is 5.82 Å². The second-order valence-electron chi connectivity index (χ2n) is 4.68. The first-order valence-electron chi connectivity index (χ1n) is 6.39. The predicted molar refractivity (Wildman–Crippen MR) is 67.5 cm³/mol. The number of aromatic amines is 1. The number of rotatable bonds is 2. The first-order chi connectivity index (χ1) is 9.24. The van der Waals surface area contributed by atoms with Crippen molar-refractivity contribution in [1.82, 2.24) is 9.97 Å². The van der Waals surface area contributed by atoms with Crippen LogP contribution in [0.5, 0.6) is 5.75 Å². The highest BCUT2D eigenvalue weighted by Gasteiger charge is 2.40. The highest BCUT2D eigenvalue weighted by Crippen LogP contribution is 2.34. The molecule has 7 heteroatoms. The standard InChI is InChI=1S/C12H17N3O4/c1-17-9-10(13-8-14-11(9)16)15-4-2-12(3-5-15)18-6-7-19-12/h8H,2-7H2,1H3,(H,13,14,16). The summed E-state index contributed by atoms with van der Waals surface area (Å²) in [6, 6.07) is 0. The molecule has 2 saturated heterocycles. The van der Waals surface area contributed by atoms with Gasteiger partial charge >= 0.3 is 0 Å². The van der Waals surface area contributed by atoms with Gasteiger partial charge in [0.15, 0.2) is 11.6 Å². The Balaban J connectivity index is 1.78. The van der Waals surface area contributed by atoms with Crippen molar-refractivity contribution in [2.24, 2.45) is 0 Å². The zero-order valence-electron chi connectivity index (χ0n) is 10.8. The Morgan fingerprint density at radius 3 is 2.68 bits per heavy atom. The third-order valence-electron chi connectivity index (χ3n) is 3.63. The molecule has 1 aromatic heterocycles. The van der Waals surface area contributed by atoms with Crippen LogP contribution < -0.4 is 15.2 Å². The quantitative estimate of drug-likeness (QED) is 0.820. The van der Waals surface area contributed by atoms with Gasteiger partial charge in [0.2, 0.25) is 5.75 Å². The SMILES string of the molecule is COc1c(N2CCC3(CC2)OCCO3)nc[nH]c1=O. The van der Waals surface area contributed by atoms with Gasteiger partial charge in [0.25, 0.3) is 5.56 Å². The summed E-state index contributed by atoms with van der Waals surface area (Å²) in [5.74, 6) is 0.413. The molecule has 0 amide bonds. The van der Waals surface area contributed by atoms with E-state index in [2.05, 4.69) is 9.97 Å². The smallest absolute Gasteiger partial charge is 0.295 e. The fraction of sp³-hybridized carbons (Fsp3) is 0.667. The molecule has 19 heavy (non-hydrogen) atoms. The molecule has 7 nitrogen and oxygen atoms in total. The number of piperidine rings is 1. The lowest BCUT2D eigenvalue weighted by Crippen LogP contribution is -2.45. The van der Waals surface area contributed by atoms with Gasteiger partial charge < -0.3 is 24.1 Å². The molecule has 0 bridgehead atoms. The number of aromatic nitrogens is 2. The molecule has 0 aromatic carbocycles. The summed E-state index contributed by atoms with van der Waals surface area (Å²) in [4.78, 5) is 20.4. The maximum absolute atomic E-state index is 11.7. The summed E-state index contributed by atoms with van der Waals surface area (Å²) >= 11 is 0. The summed E-state index contributed by atoms with van der Waals surface area (Å²) < 4.78 is 16.5. The molecule has 3 rings (SSSR count). The lowest BCUT2D eigenvalue weighted by Gasteiger charge is -2.38. The molecule has 0 atom stereocenters. The number of hydrogen-bond donors (Lipinski definition) is 1. The fourth-order valence-electron chi connectivity index (χ4n) is 2.63. The Kier molecular flexibility index (Phi) is 3.16. The van der Waals surface area contributed by atoms with E-state index in [1.165, 1.54) is 13.4 Å². The Hall–Kier alpha value is -1.60. The molecule has 1 spiro atoms. The van der Waals surface area contributed by atoms with Crippen LogP contribution in [0.25, 0.3) is 0 Å². The van der Waals surface area contributed by atoms with Gasteiger partial charge in [-0.15, -0.1) is 0 Å². The van der Waals surface area contributed by atoms with Crippen molar-refractivity contribution in [3.8, 4) is 5.75 Å². The first kappa shape index (κ1) is 12.4. The summed E-state index contributed by atoms with van der Waals surface area (Å²) in [6.45, 7) is 2.78. The van der Waals surface area contributed by atoms with Crippen LogP contribution in [-0.2, 0) is 9.47 Å². The minimum Gasteiger partial charge on any atom is -0.489 e. The van der Waals surface area contributed by atoms with Crippen molar-refractivity contribution in [1.29, 1.82) is 0 Å². The lowest BCUT2D eigenvalue weighted by molar-refractivity contribution is -0.169. The molecule has 0 saturated carbocycles. The van der Waals surface area contributed by atoms with Crippen molar-refractivity contribution in [3.05, 3.63) is 16.7 Å². The van der Waals surface area contributed by atoms with Crippen molar-refractivity contribution in [2.75, 3.05) is 38.3 Å². The molecular weight excluding hydrogens is 250 g/mol. The van der Waals surface area contributed by atoms with Gasteiger partial charge in [-0.2, -0.15) is 0 Å². The van der Waals surface area contributed by atoms with E-state index >= 15 is 0 Å². The molecule has 2 aliphatic rings. The predicted octanol–water partition coefficient (Wildman–Crippen LogP) is 0.122. The molecule has 3 heterocycles. The van der Waals surface area contributed by atoms with E-state index in [0.29, 0.717) is 19.0 Å². The zero-order valence-corrected chi connectivity index (χ0v) is 10.8. The van der Waals surface area contributed by atoms with Crippen LogP contribution >= 0.6 is 0 Å². The highest BCUT2D eigenvalue weighted by molar-refractivity contribution is 5.51. The Bertz CT molecular complexity index is 500. The number of ether oxygens (including phenoxy) is 3. The zero-order chi connectivity index (χ0) is 13.3. The average Bonchev–Trinajstić information content (AvgIpc) is 2.88. The number of nitrogens with one attached hydrogen (secondary N) is 1. The van der Waals surface area contributed by atoms with E-state index in [4.69, 9.17) is 14.2 Å². The normalized spacial score (nSPS) is 21.8. The molecule has 1 N–H and O–H groups in total. The summed E-state index contributed by atoms with van der Waals surface area (Å²) in [6.07, 6.45) is 2.93. The van der Waals surface area contributed by atoms with E-state index in [9.17, 15) is 4.79 Å². The molecule has 0 aliphatic carbocycles. The van der Waals surface area contributed by atoms with Crippen LogP contribution in [0.1, 0.15) is 12.8 Å². The van der Waals surface area contributed by atoms with Crippen LogP contribution in [-0.4, -0.2) is 49.2 Å². The Labute approximate surface area is 110 Å². The van der Waals surface area contributed by atoms with Gasteiger partial charge in [0.1, 0.15) is 0 Å². The van der Waals surface area contributed by atoms with E-state index in [1.54, 1.807) is 0 Å². The largest absolute Gasteiger partial charge is 0.489 e. The molecule has 1 aromatic rings. The van der Waals surface area contributed by atoms with Crippen LogP contribution in [0, 0.1) is 0 Å². The highest BCUT2D eigenvalue weighted by atomic mass is 16.7. The Morgan fingerprint density at radius 2 is 2.05 bits per heavy atom. The monoisotopic (exact) mass is 267 g/mol. The third kappa shape index (κ3) is 2.19. The van der Waals surface area contributed by atoms with Crippen molar-refractivity contribution < 1.29 is 14.2 Å². The summed E-state index contributed by atoms with van der Waals surface area (Å²) in [5.41, 5.74) is -0.263. The van der Waals surface area contributed by atoms with Gasteiger partial charge in [0.05, 0.1) is 26.7 Å².